The Morgan fingerprint density at radius 2 is 2.15 bits per heavy atom. The van der Waals surface area contributed by atoms with Crippen molar-refractivity contribution in [1.29, 1.82) is 0 Å². The number of nitrogens with one attached hydrogen (secondary N) is 1. The third-order valence-corrected chi connectivity index (χ3v) is 4.22. The third-order valence-electron chi connectivity index (χ3n) is 2.82. The molecule has 0 aliphatic carbocycles. The van der Waals surface area contributed by atoms with E-state index < -0.39 is 0 Å². The number of pyridine rings is 1. The maximum Gasteiger partial charge on any atom is 0.137 e. The molecule has 106 valence electrons. The van der Waals surface area contributed by atoms with Crippen molar-refractivity contribution in [2.45, 2.75) is 12.5 Å². The monoisotopic (exact) mass is 377 g/mol. The second-order valence-corrected chi connectivity index (χ2v) is 5.79. The fraction of sp³-hybridized carbons (Fsp3) is 0.154. The smallest absolute Gasteiger partial charge is 0.137 e. The first-order chi connectivity index (χ1) is 9.52. The van der Waals surface area contributed by atoms with Crippen LogP contribution < -0.4 is 11.3 Å². The molecule has 2 aromatic rings. The third kappa shape index (κ3) is 3.48. The van der Waals surface area contributed by atoms with Crippen LogP contribution in [0, 0.1) is 5.82 Å². The number of halogens is 4. The molecule has 0 amide bonds. The quantitative estimate of drug-likeness (QED) is 0.623. The number of aromatic nitrogens is 1. The molecule has 1 aromatic heterocycles. The highest BCUT2D eigenvalue weighted by molar-refractivity contribution is 9.10. The van der Waals surface area contributed by atoms with Crippen molar-refractivity contribution in [3.63, 3.8) is 0 Å². The Hall–Kier alpha value is -0.720. The van der Waals surface area contributed by atoms with E-state index in [9.17, 15) is 4.39 Å². The molecule has 0 spiro atoms. The van der Waals surface area contributed by atoms with Crippen LogP contribution in [0.1, 0.15) is 17.3 Å². The number of rotatable bonds is 4. The van der Waals surface area contributed by atoms with Crippen LogP contribution in [-0.4, -0.2) is 4.98 Å². The highest BCUT2D eigenvalue weighted by atomic mass is 79.9. The average molecular weight is 379 g/mol. The van der Waals surface area contributed by atoms with Gasteiger partial charge in [0.1, 0.15) is 5.82 Å². The maximum atomic E-state index is 13.5. The fourth-order valence-electron chi connectivity index (χ4n) is 1.84. The van der Waals surface area contributed by atoms with Gasteiger partial charge in [0.05, 0.1) is 26.3 Å². The van der Waals surface area contributed by atoms with Gasteiger partial charge in [-0.25, -0.2) is 4.39 Å². The Morgan fingerprint density at radius 3 is 2.80 bits per heavy atom. The van der Waals surface area contributed by atoms with Crippen LogP contribution in [0.25, 0.3) is 0 Å². The second-order valence-electron chi connectivity index (χ2n) is 4.16. The maximum absolute atomic E-state index is 13.5. The van der Waals surface area contributed by atoms with E-state index in [0.717, 1.165) is 5.56 Å². The number of hydrogen-bond acceptors (Lipinski definition) is 3. The predicted octanol–water partition coefficient (Wildman–Crippen LogP) is 4.04. The molecule has 0 bridgehead atoms. The van der Waals surface area contributed by atoms with Crippen molar-refractivity contribution in [2.75, 3.05) is 0 Å². The lowest BCUT2D eigenvalue weighted by Crippen LogP contribution is -2.30. The van der Waals surface area contributed by atoms with Crippen molar-refractivity contribution in [3.8, 4) is 0 Å². The summed E-state index contributed by atoms with van der Waals surface area (Å²) in [6.45, 7) is 0. The first-order valence-electron chi connectivity index (χ1n) is 5.73. The highest BCUT2D eigenvalue weighted by Crippen LogP contribution is 2.29. The minimum Gasteiger partial charge on any atom is -0.271 e. The highest BCUT2D eigenvalue weighted by Gasteiger charge is 2.18. The lowest BCUT2D eigenvalue weighted by molar-refractivity contribution is 0.534. The summed E-state index contributed by atoms with van der Waals surface area (Å²) in [6.07, 6.45) is 1.93. The Morgan fingerprint density at radius 1 is 1.40 bits per heavy atom. The zero-order valence-corrected chi connectivity index (χ0v) is 13.3. The van der Waals surface area contributed by atoms with Gasteiger partial charge in [-0.05, 0) is 40.0 Å². The zero-order valence-electron chi connectivity index (χ0n) is 10.2. The number of hydrogen-bond donors (Lipinski definition) is 2. The van der Waals surface area contributed by atoms with Gasteiger partial charge in [-0.3, -0.25) is 16.3 Å². The summed E-state index contributed by atoms with van der Waals surface area (Å²) in [5, 5.41) is 0.856. The SMILES string of the molecule is NNC(Cc1cccc(F)c1Br)c1ncc(Cl)cc1Cl. The Balaban J connectivity index is 2.31. The molecular weight excluding hydrogens is 368 g/mol. The minimum absolute atomic E-state index is 0.326. The van der Waals surface area contributed by atoms with Gasteiger partial charge in [-0.1, -0.05) is 35.3 Å². The summed E-state index contributed by atoms with van der Waals surface area (Å²) in [5.41, 5.74) is 3.97. The van der Waals surface area contributed by atoms with Crippen LogP contribution in [0.5, 0.6) is 0 Å². The minimum atomic E-state index is -0.349. The molecule has 3 nitrogen and oxygen atoms in total. The molecule has 0 radical (unpaired) electrons. The number of hydrazine groups is 1. The van der Waals surface area contributed by atoms with Crippen molar-refractivity contribution >= 4 is 39.1 Å². The summed E-state index contributed by atoms with van der Waals surface area (Å²) < 4.78 is 13.9. The molecule has 0 saturated carbocycles. The Kier molecular flexibility index (Phi) is 5.35. The van der Waals surface area contributed by atoms with E-state index in [-0.39, 0.29) is 11.9 Å². The first-order valence-corrected chi connectivity index (χ1v) is 7.27. The van der Waals surface area contributed by atoms with Crippen molar-refractivity contribution in [1.82, 2.24) is 10.4 Å². The van der Waals surface area contributed by atoms with Crippen molar-refractivity contribution < 1.29 is 4.39 Å². The number of nitrogens with zero attached hydrogens (tertiary/aromatic N) is 1. The van der Waals surface area contributed by atoms with E-state index in [1.165, 1.54) is 12.3 Å². The predicted molar refractivity (Wildman–Crippen MR) is 82.1 cm³/mol. The standard InChI is InChI=1S/C13H11BrCl2FN3/c14-12-7(2-1-3-10(12)17)4-11(20-18)13-9(16)5-8(15)6-19-13/h1-3,5-6,11,20H,4,18H2. The van der Waals surface area contributed by atoms with E-state index in [1.807, 2.05) is 0 Å². The molecule has 0 aliphatic rings. The van der Waals surface area contributed by atoms with Gasteiger partial charge in [-0.15, -0.1) is 0 Å². The van der Waals surface area contributed by atoms with Crippen LogP contribution in [-0.2, 0) is 6.42 Å². The van der Waals surface area contributed by atoms with E-state index in [0.29, 0.717) is 26.6 Å². The summed E-state index contributed by atoms with van der Waals surface area (Å²) in [6, 6.07) is 6.07. The zero-order chi connectivity index (χ0) is 14.7. The summed E-state index contributed by atoms with van der Waals surface area (Å²) in [7, 11) is 0. The van der Waals surface area contributed by atoms with Gasteiger partial charge in [0.15, 0.2) is 0 Å². The molecule has 3 N–H and O–H groups in total. The molecule has 2 rings (SSSR count). The Labute approximate surface area is 134 Å². The van der Waals surface area contributed by atoms with Crippen LogP contribution in [0.4, 0.5) is 4.39 Å². The summed E-state index contributed by atoms with van der Waals surface area (Å²) in [4.78, 5) is 4.18. The van der Waals surface area contributed by atoms with Crippen LogP contribution in [0.3, 0.4) is 0 Å². The summed E-state index contributed by atoms with van der Waals surface area (Å²) >= 11 is 15.1. The first kappa shape index (κ1) is 15.7. The van der Waals surface area contributed by atoms with Gasteiger partial charge in [-0.2, -0.15) is 0 Å². The lowest BCUT2D eigenvalue weighted by atomic mass is 10.0. The molecule has 1 atom stereocenters. The lowest BCUT2D eigenvalue weighted by Gasteiger charge is -2.17. The molecule has 7 heteroatoms. The van der Waals surface area contributed by atoms with E-state index in [2.05, 4.69) is 26.3 Å². The molecule has 1 aromatic carbocycles. The van der Waals surface area contributed by atoms with Crippen molar-refractivity contribution in [2.24, 2.45) is 5.84 Å². The number of nitrogens with two attached hydrogens (primary N) is 1. The second kappa shape index (κ2) is 6.83. The topological polar surface area (TPSA) is 50.9 Å². The molecule has 20 heavy (non-hydrogen) atoms. The normalized spacial score (nSPS) is 12.4. The molecule has 0 aliphatic heterocycles. The fourth-order valence-corrected chi connectivity index (χ4v) is 2.78. The van der Waals surface area contributed by atoms with E-state index >= 15 is 0 Å². The molecule has 0 saturated heterocycles. The Bertz CT molecular complexity index is 625. The molecule has 0 fully saturated rings. The van der Waals surface area contributed by atoms with Crippen LogP contribution in [0.15, 0.2) is 34.9 Å². The van der Waals surface area contributed by atoms with Gasteiger partial charge in [0.2, 0.25) is 0 Å². The van der Waals surface area contributed by atoms with Crippen LogP contribution >= 0.6 is 39.1 Å². The molecule has 1 heterocycles. The van der Waals surface area contributed by atoms with Gasteiger partial charge in [0.25, 0.3) is 0 Å². The average Bonchev–Trinajstić information content (AvgIpc) is 2.41. The van der Waals surface area contributed by atoms with Crippen molar-refractivity contribution in [3.05, 3.63) is 62.1 Å². The van der Waals surface area contributed by atoms with Gasteiger partial charge < -0.3 is 0 Å². The molecule has 1 unspecified atom stereocenters. The summed E-state index contributed by atoms with van der Waals surface area (Å²) in [5.74, 6) is 5.23. The van der Waals surface area contributed by atoms with Crippen LogP contribution in [0.2, 0.25) is 10.0 Å². The van der Waals surface area contributed by atoms with Gasteiger partial charge >= 0.3 is 0 Å². The largest absolute Gasteiger partial charge is 0.271 e. The molecular formula is C13H11BrCl2FN3. The number of benzene rings is 1. The van der Waals surface area contributed by atoms with E-state index in [4.69, 9.17) is 29.0 Å². The van der Waals surface area contributed by atoms with E-state index in [1.54, 1.807) is 18.2 Å². The van der Waals surface area contributed by atoms with Gasteiger partial charge in [0, 0.05) is 6.20 Å².